The molecule has 2 atom stereocenters. The average Bonchev–Trinajstić information content (AvgIpc) is 3.20. The number of hydrogen-bond donors (Lipinski definition) is 1. The van der Waals surface area contributed by atoms with Crippen LogP contribution in [0.5, 0.6) is 11.5 Å². The summed E-state index contributed by atoms with van der Waals surface area (Å²) in [6.07, 6.45) is 3.44. The fourth-order valence-corrected chi connectivity index (χ4v) is 4.08. The molecule has 0 bridgehead atoms. The van der Waals surface area contributed by atoms with Crippen LogP contribution in [-0.2, 0) is 0 Å². The van der Waals surface area contributed by atoms with Crippen LogP contribution < -0.4 is 15.2 Å². The van der Waals surface area contributed by atoms with Crippen LogP contribution in [-0.4, -0.2) is 29.2 Å². The Labute approximate surface area is 185 Å². The van der Waals surface area contributed by atoms with E-state index in [1.54, 1.807) is 41.9 Å². The van der Waals surface area contributed by atoms with Crippen LogP contribution in [0.4, 0.5) is 4.39 Å². The molecule has 1 aromatic heterocycles. The third kappa shape index (κ3) is 4.38. The molecule has 2 N–H and O–H groups in total. The third-order valence-electron chi connectivity index (χ3n) is 5.09. The van der Waals surface area contributed by atoms with E-state index in [1.165, 1.54) is 12.1 Å². The van der Waals surface area contributed by atoms with Gasteiger partial charge in [-0.3, -0.25) is 0 Å². The van der Waals surface area contributed by atoms with Gasteiger partial charge >= 0.3 is 0 Å². The lowest BCUT2D eigenvalue weighted by atomic mass is 10.0. The van der Waals surface area contributed by atoms with Crippen molar-refractivity contribution in [3.63, 3.8) is 0 Å². The highest BCUT2D eigenvalue weighted by atomic mass is 32.2. The molecule has 1 heterocycles. The maximum atomic E-state index is 13.2. The number of nitrogens with zero attached hydrogens (tertiary/aromatic N) is 2. The first kappa shape index (κ1) is 21.2. The lowest BCUT2D eigenvalue weighted by molar-refractivity contribution is 0.180. The van der Waals surface area contributed by atoms with Crippen molar-refractivity contribution >= 4 is 22.7 Å². The number of benzene rings is 3. The van der Waals surface area contributed by atoms with E-state index in [0.29, 0.717) is 5.75 Å². The molecular weight excluding hydrogens is 413 g/mol. The van der Waals surface area contributed by atoms with Crippen molar-refractivity contribution in [2.24, 2.45) is 5.73 Å². The Balaban J connectivity index is 1.64. The van der Waals surface area contributed by atoms with Gasteiger partial charge in [0.2, 0.25) is 0 Å². The molecule has 4 aromatic rings. The van der Waals surface area contributed by atoms with Crippen molar-refractivity contribution in [1.29, 1.82) is 0 Å². The molecule has 160 valence electrons. The maximum absolute atomic E-state index is 13.2. The average molecular weight is 438 g/mol. The molecule has 31 heavy (non-hydrogen) atoms. The second-order valence-corrected chi connectivity index (χ2v) is 8.11. The standard InChI is InChI=1S/C24H24FN3O2S/c1-15(26)24(16-4-11-23(31-3)22(13-16)29-2)30-20-9-10-21-17(12-20)14-27-28(21)19-7-5-18(25)6-8-19/h4-15,24H,26H2,1-3H3/t15-,24-/m0/s1. The molecule has 0 aliphatic rings. The highest BCUT2D eigenvalue weighted by Crippen LogP contribution is 2.33. The molecule has 0 aliphatic carbocycles. The fraction of sp³-hybridized carbons (Fsp3) is 0.208. The molecule has 3 aromatic carbocycles. The summed E-state index contributed by atoms with van der Waals surface area (Å²) in [6, 6.07) is 17.8. The zero-order valence-corrected chi connectivity index (χ0v) is 18.4. The summed E-state index contributed by atoms with van der Waals surface area (Å²) in [4.78, 5) is 1.06. The molecule has 0 aliphatic heterocycles. The molecule has 0 radical (unpaired) electrons. The number of fused-ring (bicyclic) bond motifs is 1. The van der Waals surface area contributed by atoms with Crippen molar-refractivity contribution in [3.8, 4) is 17.2 Å². The molecule has 0 fully saturated rings. The minimum absolute atomic E-state index is 0.234. The monoisotopic (exact) mass is 437 g/mol. The van der Waals surface area contributed by atoms with Crippen molar-refractivity contribution in [2.75, 3.05) is 13.4 Å². The Kier molecular flexibility index (Phi) is 6.15. The molecule has 0 saturated carbocycles. The molecule has 7 heteroatoms. The highest BCUT2D eigenvalue weighted by molar-refractivity contribution is 7.98. The number of methoxy groups -OCH3 is 1. The van der Waals surface area contributed by atoms with Gasteiger partial charge < -0.3 is 15.2 Å². The first-order valence-corrected chi connectivity index (χ1v) is 11.1. The Morgan fingerprint density at radius 2 is 1.84 bits per heavy atom. The van der Waals surface area contributed by atoms with E-state index >= 15 is 0 Å². The van der Waals surface area contributed by atoms with Gasteiger partial charge in [-0.15, -0.1) is 11.8 Å². The topological polar surface area (TPSA) is 62.3 Å². The third-order valence-corrected chi connectivity index (χ3v) is 5.86. The summed E-state index contributed by atoms with van der Waals surface area (Å²) in [5.74, 6) is 1.22. The van der Waals surface area contributed by atoms with Gasteiger partial charge in [-0.1, -0.05) is 6.07 Å². The number of aromatic nitrogens is 2. The Hall–Kier alpha value is -3.03. The fourth-order valence-electron chi connectivity index (χ4n) is 3.53. The Bertz CT molecular complexity index is 1190. The van der Waals surface area contributed by atoms with Crippen LogP contribution in [0.1, 0.15) is 18.6 Å². The van der Waals surface area contributed by atoms with Gasteiger partial charge in [-0.2, -0.15) is 5.10 Å². The number of halogens is 1. The zero-order chi connectivity index (χ0) is 22.0. The zero-order valence-electron chi connectivity index (χ0n) is 17.6. The lowest BCUT2D eigenvalue weighted by Crippen LogP contribution is -2.29. The van der Waals surface area contributed by atoms with E-state index in [-0.39, 0.29) is 18.0 Å². The molecule has 0 saturated heterocycles. The predicted molar refractivity (Wildman–Crippen MR) is 123 cm³/mol. The van der Waals surface area contributed by atoms with Crippen LogP contribution in [0.3, 0.4) is 0 Å². The van der Waals surface area contributed by atoms with Crippen molar-refractivity contribution in [1.82, 2.24) is 9.78 Å². The van der Waals surface area contributed by atoms with E-state index < -0.39 is 0 Å². The van der Waals surface area contributed by atoms with Crippen LogP contribution in [0.25, 0.3) is 16.6 Å². The van der Waals surface area contributed by atoms with E-state index in [0.717, 1.165) is 32.8 Å². The quantitative estimate of drug-likeness (QED) is 0.394. The van der Waals surface area contributed by atoms with Gasteiger partial charge in [0, 0.05) is 16.3 Å². The van der Waals surface area contributed by atoms with Gasteiger partial charge in [-0.25, -0.2) is 9.07 Å². The number of rotatable bonds is 7. The number of hydrogen-bond acceptors (Lipinski definition) is 5. The molecule has 4 rings (SSSR count). The van der Waals surface area contributed by atoms with Crippen molar-refractivity contribution < 1.29 is 13.9 Å². The summed E-state index contributed by atoms with van der Waals surface area (Å²) in [5.41, 5.74) is 8.91. The Morgan fingerprint density at radius 1 is 1.06 bits per heavy atom. The molecule has 0 unspecified atom stereocenters. The molecule has 0 spiro atoms. The molecule has 5 nitrogen and oxygen atoms in total. The SMILES string of the molecule is COc1cc([C@@H](Oc2ccc3c(cnn3-c3ccc(F)cc3)c2)[C@H](C)N)ccc1SC. The second kappa shape index (κ2) is 8.99. The van der Waals surface area contributed by atoms with Crippen LogP contribution in [0.2, 0.25) is 0 Å². The Morgan fingerprint density at radius 3 is 2.52 bits per heavy atom. The highest BCUT2D eigenvalue weighted by Gasteiger charge is 2.20. The molecular formula is C24H24FN3O2S. The number of nitrogens with two attached hydrogens (primary N) is 1. The van der Waals surface area contributed by atoms with Crippen LogP contribution in [0.15, 0.2) is 71.8 Å². The van der Waals surface area contributed by atoms with E-state index in [1.807, 2.05) is 49.6 Å². The second-order valence-electron chi connectivity index (χ2n) is 7.27. The first-order valence-electron chi connectivity index (χ1n) is 9.88. The van der Waals surface area contributed by atoms with Gasteiger partial charge in [-0.05, 0) is 73.3 Å². The lowest BCUT2D eigenvalue weighted by Gasteiger charge is -2.24. The summed E-state index contributed by atoms with van der Waals surface area (Å²) in [5, 5.41) is 5.36. The van der Waals surface area contributed by atoms with E-state index in [9.17, 15) is 4.39 Å². The number of ether oxygens (including phenoxy) is 2. The largest absolute Gasteiger partial charge is 0.496 e. The maximum Gasteiger partial charge on any atom is 0.139 e. The van der Waals surface area contributed by atoms with Gasteiger partial charge in [0.25, 0.3) is 0 Å². The van der Waals surface area contributed by atoms with Crippen molar-refractivity contribution in [3.05, 3.63) is 78.2 Å². The van der Waals surface area contributed by atoms with Crippen LogP contribution >= 0.6 is 11.8 Å². The minimum Gasteiger partial charge on any atom is -0.496 e. The normalized spacial score (nSPS) is 13.2. The van der Waals surface area contributed by atoms with E-state index in [2.05, 4.69) is 5.10 Å². The van der Waals surface area contributed by atoms with E-state index in [4.69, 9.17) is 15.2 Å². The van der Waals surface area contributed by atoms with Crippen LogP contribution in [0, 0.1) is 5.82 Å². The summed E-state index contributed by atoms with van der Waals surface area (Å²) in [7, 11) is 1.66. The smallest absolute Gasteiger partial charge is 0.139 e. The van der Waals surface area contributed by atoms with Gasteiger partial charge in [0.05, 0.1) is 24.5 Å². The number of thioether (sulfide) groups is 1. The van der Waals surface area contributed by atoms with Gasteiger partial charge in [0.15, 0.2) is 0 Å². The predicted octanol–water partition coefficient (Wildman–Crippen LogP) is 5.36. The van der Waals surface area contributed by atoms with Crippen molar-refractivity contribution in [2.45, 2.75) is 24.0 Å². The van der Waals surface area contributed by atoms with Gasteiger partial charge in [0.1, 0.15) is 23.4 Å². The summed E-state index contributed by atoms with van der Waals surface area (Å²) < 4.78 is 26.8. The minimum atomic E-state index is -0.339. The summed E-state index contributed by atoms with van der Waals surface area (Å²) in [6.45, 7) is 1.92. The summed E-state index contributed by atoms with van der Waals surface area (Å²) >= 11 is 1.63. The first-order chi connectivity index (χ1) is 15.0. The molecule has 0 amide bonds.